The van der Waals surface area contributed by atoms with Crippen LogP contribution < -0.4 is 10.2 Å². The Kier molecular flexibility index (Phi) is 5.40. The van der Waals surface area contributed by atoms with Crippen molar-refractivity contribution in [3.05, 3.63) is 65.4 Å². The molecule has 0 saturated carbocycles. The van der Waals surface area contributed by atoms with Crippen LogP contribution in [0.3, 0.4) is 0 Å². The fourth-order valence-electron chi connectivity index (χ4n) is 4.19. The van der Waals surface area contributed by atoms with Gasteiger partial charge in [0.15, 0.2) is 0 Å². The number of hydrogen-bond acceptors (Lipinski definition) is 4. The van der Waals surface area contributed by atoms with Gasteiger partial charge in [0.1, 0.15) is 5.70 Å². The minimum absolute atomic E-state index is 0.159. The number of hydrogen-bond donors (Lipinski definition) is 1. The van der Waals surface area contributed by atoms with Crippen LogP contribution >= 0.6 is 0 Å². The van der Waals surface area contributed by atoms with Crippen molar-refractivity contribution in [3.63, 3.8) is 0 Å². The first kappa shape index (κ1) is 19.9. The minimum Gasteiger partial charge on any atom is -0.336 e. The predicted molar refractivity (Wildman–Crippen MR) is 117 cm³/mol. The van der Waals surface area contributed by atoms with Crippen molar-refractivity contribution in [1.29, 1.82) is 0 Å². The van der Waals surface area contributed by atoms with E-state index in [2.05, 4.69) is 11.4 Å². The van der Waals surface area contributed by atoms with E-state index in [4.69, 9.17) is 0 Å². The van der Waals surface area contributed by atoms with E-state index in [-0.39, 0.29) is 17.7 Å². The second-order valence-corrected chi connectivity index (χ2v) is 7.63. The number of nitrogens with one attached hydrogen (secondary N) is 1. The molecule has 154 valence electrons. The maximum atomic E-state index is 13.4. The Balaban J connectivity index is 1.83. The molecule has 2 heterocycles. The largest absolute Gasteiger partial charge is 0.336 e. The van der Waals surface area contributed by atoms with Crippen LogP contribution in [0.1, 0.15) is 37.8 Å². The lowest BCUT2D eigenvalue weighted by Gasteiger charge is -2.32. The summed E-state index contributed by atoms with van der Waals surface area (Å²) >= 11 is 0. The van der Waals surface area contributed by atoms with E-state index < -0.39 is 0 Å². The molecule has 2 aliphatic rings. The molecule has 30 heavy (non-hydrogen) atoms. The lowest BCUT2D eigenvalue weighted by molar-refractivity contribution is -0.136. The molecule has 1 N–H and O–H groups in total. The number of fused-ring (bicyclic) bond motifs is 1. The highest BCUT2D eigenvalue weighted by molar-refractivity contribution is 6.36. The molecule has 0 atom stereocenters. The van der Waals surface area contributed by atoms with Gasteiger partial charge in [-0.1, -0.05) is 37.3 Å². The molecule has 0 bridgehead atoms. The average molecular weight is 403 g/mol. The standard InChI is InChI=1S/C24H25N3O3/c1-3-14-27-23(29)21(18-10-12-19(13-11-18)25-16(2)28)22(24(27)30)26-15-6-8-17-7-4-5-9-20(17)26/h4-5,7,9-13H,3,6,8,14-15H2,1-2H3,(H,25,28). The van der Waals surface area contributed by atoms with Crippen LogP contribution in [0, 0.1) is 0 Å². The maximum absolute atomic E-state index is 13.4. The van der Waals surface area contributed by atoms with Gasteiger partial charge in [-0.25, -0.2) is 0 Å². The van der Waals surface area contributed by atoms with E-state index >= 15 is 0 Å². The van der Waals surface area contributed by atoms with E-state index in [9.17, 15) is 14.4 Å². The molecule has 3 amide bonds. The first-order valence-electron chi connectivity index (χ1n) is 10.3. The van der Waals surface area contributed by atoms with Crippen LogP contribution in [0.4, 0.5) is 11.4 Å². The highest BCUT2D eigenvalue weighted by Crippen LogP contribution is 2.38. The van der Waals surface area contributed by atoms with E-state index in [1.165, 1.54) is 17.4 Å². The first-order valence-corrected chi connectivity index (χ1v) is 10.3. The minimum atomic E-state index is -0.257. The van der Waals surface area contributed by atoms with Gasteiger partial charge >= 0.3 is 0 Å². The molecule has 2 aliphatic heterocycles. The molecule has 2 aromatic carbocycles. The smallest absolute Gasteiger partial charge is 0.278 e. The number of aryl methyl sites for hydroxylation is 1. The number of amides is 3. The fraction of sp³-hybridized carbons (Fsp3) is 0.292. The summed E-state index contributed by atoms with van der Waals surface area (Å²) in [4.78, 5) is 41.3. The van der Waals surface area contributed by atoms with Crippen molar-refractivity contribution in [2.45, 2.75) is 33.1 Å². The Labute approximate surface area is 176 Å². The third-order valence-corrected chi connectivity index (χ3v) is 5.46. The number of imide groups is 1. The van der Waals surface area contributed by atoms with Crippen molar-refractivity contribution >= 4 is 34.7 Å². The van der Waals surface area contributed by atoms with Gasteiger partial charge in [-0.15, -0.1) is 0 Å². The Morgan fingerprint density at radius 2 is 1.77 bits per heavy atom. The SMILES string of the molecule is CCCN1C(=O)C(c2ccc(NC(C)=O)cc2)=C(N2CCCc3ccccc32)C1=O. The molecule has 6 heteroatoms. The van der Waals surface area contributed by atoms with E-state index in [1.54, 1.807) is 24.3 Å². The van der Waals surface area contributed by atoms with Gasteiger partial charge in [0.25, 0.3) is 11.8 Å². The van der Waals surface area contributed by atoms with Crippen molar-refractivity contribution in [2.75, 3.05) is 23.3 Å². The molecule has 0 saturated heterocycles. The van der Waals surface area contributed by atoms with Crippen molar-refractivity contribution in [3.8, 4) is 0 Å². The zero-order valence-corrected chi connectivity index (χ0v) is 17.3. The zero-order valence-electron chi connectivity index (χ0n) is 17.3. The highest BCUT2D eigenvalue weighted by atomic mass is 16.2. The average Bonchev–Trinajstić information content (AvgIpc) is 2.98. The number of carbonyl (C=O) groups excluding carboxylic acids is 3. The quantitative estimate of drug-likeness (QED) is 0.775. The molecule has 0 fully saturated rings. The fourth-order valence-corrected chi connectivity index (χ4v) is 4.19. The highest BCUT2D eigenvalue weighted by Gasteiger charge is 2.42. The molecule has 0 aromatic heterocycles. The summed E-state index contributed by atoms with van der Waals surface area (Å²) in [5, 5.41) is 2.73. The maximum Gasteiger partial charge on any atom is 0.278 e. The van der Waals surface area contributed by atoms with Crippen LogP contribution in [0.15, 0.2) is 54.2 Å². The van der Waals surface area contributed by atoms with Crippen LogP contribution in [0.5, 0.6) is 0 Å². The molecule has 0 spiro atoms. The molecule has 0 aliphatic carbocycles. The Hall–Kier alpha value is -3.41. The molecule has 4 rings (SSSR count). The summed E-state index contributed by atoms with van der Waals surface area (Å²) in [5.74, 6) is -0.652. The monoisotopic (exact) mass is 403 g/mol. The second-order valence-electron chi connectivity index (χ2n) is 7.63. The van der Waals surface area contributed by atoms with E-state index in [0.717, 1.165) is 18.5 Å². The summed E-state index contributed by atoms with van der Waals surface area (Å²) in [5.41, 5.74) is 4.39. The first-order chi connectivity index (χ1) is 14.5. The Bertz CT molecular complexity index is 1040. The number of benzene rings is 2. The van der Waals surface area contributed by atoms with Gasteiger partial charge in [0.05, 0.1) is 5.57 Å². The molecule has 6 nitrogen and oxygen atoms in total. The van der Waals surface area contributed by atoms with Gasteiger partial charge in [-0.2, -0.15) is 0 Å². The molecular weight excluding hydrogens is 378 g/mol. The summed E-state index contributed by atoms with van der Waals surface area (Å²) < 4.78 is 0. The van der Waals surface area contributed by atoms with E-state index in [1.807, 2.05) is 30.0 Å². The summed E-state index contributed by atoms with van der Waals surface area (Å²) in [6, 6.07) is 15.1. The number of nitrogens with zero attached hydrogens (tertiary/aromatic N) is 2. The Morgan fingerprint density at radius 1 is 1.03 bits per heavy atom. The van der Waals surface area contributed by atoms with Crippen LogP contribution in [-0.2, 0) is 20.8 Å². The van der Waals surface area contributed by atoms with Crippen molar-refractivity contribution < 1.29 is 14.4 Å². The second kappa shape index (κ2) is 8.14. The van der Waals surface area contributed by atoms with Gasteiger partial charge in [-0.05, 0) is 48.6 Å². The zero-order chi connectivity index (χ0) is 21.3. The van der Waals surface area contributed by atoms with Gasteiger partial charge in [-0.3, -0.25) is 19.3 Å². The Morgan fingerprint density at radius 3 is 2.47 bits per heavy atom. The normalized spacial score (nSPS) is 16.2. The lowest BCUT2D eigenvalue weighted by Crippen LogP contribution is -2.37. The molecule has 2 aromatic rings. The number of anilines is 2. The molecule has 0 radical (unpaired) electrons. The van der Waals surface area contributed by atoms with E-state index in [0.29, 0.717) is 42.0 Å². The third kappa shape index (κ3) is 3.49. The number of rotatable bonds is 5. The summed E-state index contributed by atoms with van der Waals surface area (Å²) in [7, 11) is 0. The molecule has 0 unspecified atom stereocenters. The van der Waals surface area contributed by atoms with Gasteiger partial charge in [0, 0.05) is 31.4 Å². The summed E-state index contributed by atoms with van der Waals surface area (Å²) in [6.07, 6.45) is 2.59. The van der Waals surface area contributed by atoms with Crippen LogP contribution in [-0.4, -0.2) is 35.7 Å². The summed E-state index contributed by atoms with van der Waals surface area (Å²) in [6.45, 7) is 4.49. The number of para-hydroxylation sites is 1. The van der Waals surface area contributed by atoms with Crippen molar-refractivity contribution in [1.82, 2.24) is 4.90 Å². The van der Waals surface area contributed by atoms with Gasteiger partial charge < -0.3 is 10.2 Å². The molecular formula is C24H25N3O3. The lowest BCUT2D eigenvalue weighted by atomic mass is 9.98. The third-order valence-electron chi connectivity index (χ3n) is 5.46. The van der Waals surface area contributed by atoms with Gasteiger partial charge in [0.2, 0.25) is 5.91 Å². The topological polar surface area (TPSA) is 69.7 Å². The van der Waals surface area contributed by atoms with Crippen LogP contribution in [0.25, 0.3) is 5.57 Å². The number of carbonyl (C=O) groups is 3. The predicted octanol–water partition coefficient (Wildman–Crippen LogP) is 3.59. The van der Waals surface area contributed by atoms with Crippen LogP contribution in [0.2, 0.25) is 0 Å². The van der Waals surface area contributed by atoms with Crippen molar-refractivity contribution in [2.24, 2.45) is 0 Å².